The van der Waals surface area contributed by atoms with Crippen LogP contribution in [0.25, 0.3) is 55.5 Å². The van der Waals surface area contributed by atoms with Crippen LogP contribution in [0.5, 0.6) is 0 Å². The van der Waals surface area contributed by atoms with Crippen molar-refractivity contribution < 1.29 is 0 Å². The SMILES string of the molecule is Cn1c(-c2ccccc2)c2c(-c3ccccc3)cc(-c3ccccc3)c-2c2ccccc21. The lowest BCUT2D eigenvalue weighted by Crippen LogP contribution is -2.03. The Hall–Kier alpha value is -4.10. The van der Waals surface area contributed by atoms with Gasteiger partial charge in [-0.2, -0.15) is 0 Å². The van der Waals surface area contributed by atoms with Gasteiger partial charge in [0.05, 0.1) is 5.69 Å². The summed E-state index contributed by atoms with van der Waals surface area (Å²) >= 11 is 0. The second kappa shape index (κ2) is 7.55. The maximum Gasteiger partial charge on any atom is 0.0568 e. The molecule has 4 aromatic rings. The van der Waals surface area contributed by atoms with Gasteiger partial charge in [-0.1, -0.05) is 109 Å². The van der Waals surface area contributed by atoms with Gasteiger partial charge in [0.15, 0.2) is 0 Å². The molecular weight excluding hydrogens is 386 g/mol. The van der Waals surface area contributed by atoms with E-state index in [9.17, 15) is 0 Å². The number of benzene rings is 4. The van der Waals surface area contributed by atoms with Crippen LogP contribution in [0.4, 0.5) is 0 Å². The van der Waals surface area contributed by atoms with Gasteiger partial charge in [-0.05, 0) is 39.9 Å². The topological polar surface area (TPSA) is 4.93 Å². The van der Waals surface area contributed by atoms with Crippen LogP contribution in [0.2, 0.25) is 0 Å². The number of aromatic nitrogens is 1. The highest BCUT2D eigenvalue weighted by atomic mass is 14.9. The molecule has 1 heteroatoms. The Morgan fingerprint density at radius 3 is 1.53 bits per heavy atom. The molecule has 0 atom stereocenters. The first-order valence-corrected chi connectivity index (χ1v) is 11.0. The van der Waals surface area contributed by atoms with Crippen molar-refractivity contribution in [1.82, 2.24) is 4.57 Å². The fourth-order valence-corrected chi connectivity index (χ4v) is 4.97. The molecule has 0 saturated heterocycles. The number of hydrogen-bond acceptors (Lipinski definition) is 0. The number of rotatable bonds is 3. The molecular formula is C31H23N. The predicted octanol–water partition coefficient (Wildman–Crippen LogP) is 8.28. The largest absolute Gasteiger partial charge is 0.343 e. The van der Waals surface area contributed by atoms with Gasteiger partial charge < -0.3 is 4.57 Å². The van der Waals surface area contributed by atoms with Gasteiger partial charge in [0.1, 0.15) is 0 Å². The molecule has 152 valence electrons. The molecule has 4 aromatic carbocycles. The second-order valence-corrected chi connectivity index (χ2v) is 8.24. The van der Waals surface area contributed by atoms with E-state index in [1.807, 2.05) is 0 Å². The van der Waals surface area contributed by atoms with Crippen LogP contribution in [0, 0.1) is 0 Å². The summed E-state index contributed by atoms with van der Waals surface area (Å²) < 4.78 is 2.36. The van der Waals surface area contributed by atoms with Crippen LogP contribution in [0.1, 0.15) is 0 Å². The van der Waals surface area contributed by atoms with Crippen molar-refractivity contribution in [3.63, 3.8) is 0 Å². The Bertz CT molecular complexity index is 1490. The van der Waals surface area contributed by atoms with E-state index in [0.29, 0.717) is 0 Å². The van der Waals surface area contributed by atoms with Gasteiger partial charge in [-0.3, -0.25) is 0 Å². The lowest BCUT2D eigenvalue weighted by molar-refractivity contribution is 0.965. The number of pyridine rings is 1. The van der Waals surface area contributed by atoms with Crippen LogP contribution in [-0.2, 0) is 7.05 Å². The van der Waals surface area contributed by atoms with Crippen molar-refractivity contribution in [2.75, 3.05) is 0 Å². The fraction of sp³-hybridized carbons (Fsp3) is 0.0323. The quantitative estimate of drug-likeness (QED) is 0.277. The monoisotopic (exact) mass is 409 g/mol. The van der Waals surface area contributed by atoms with Crippen molar-refractivity contribution in [3.05, 3.63) is 121 Å². The second-order valence-electron chi connectivity index (χ2n) is 8.24. The van der Waals surface area contributed by atoms with Gasteiger partial charge in [-0.15, -0.1) is 0 Å². The van der Waals surface area contributed by atoms with E-state index in [1.165, 1.54) is 55.5 Å². The normalized spacial score (nSPS) is 11.3. The summed E-state index contributed by atoms with van der Waals surface area (Å²) in [5, 5.41) is 1.28. The third-order valence-electron chi connectivity index (χ3n) is 6.40. The van der Waals surface area contributed by atoms with Crippen LogP contribution >= 0.6 is 0 Å². The number of aryl methyl sites for hydroxylation is 1. The summed E-state index contributed by atoms with van der Waals surface area (Å²) in [5.74, 6) is 0. The number of nitrogens with zero attached hydrogens (tertiary/aromatic N) is 1. The molecule has 0 bridgehead atoms. The van der Waals surface area contributed by atoms with E-state index in [-0.39, 0.29) is 0 Å². The Labute approximate surface area is 188 Å². The van der Waals surface area contributed by atoms with Gasteiger partial charge >= 0.3 is 0 Å². The lowest BCUT2D eigenvalue weighted by atomic mass is 9.90. The zero-order valence-electron chi connectivity index (χ0n) is 18.0. The minimum Gasteiger partial charge on any atom is -0.343 e. The Balaban J connectivity index is 1.84. The summed E-state index contributed by atoms with van der Waals surface area (Å²) in [4.78, 5) is 0. The van der Waals surface area contributed by atoms with E-state index in [0.717, 1.165) is 0 Å². The Morgan fingerprint density at radius 2 is 0.938 bits per heavy atom. The Kier molecular flexibility index (Phi) is 4.40. The Morgan fingerprint density at radius 1 is 0.469 bits per heavy atom. The highest BCUT2D eigenvalue weighted by molar-refractivity contribution is 6.13. The highest BCUT2D eigenvalue weighted by Gasteiger charge is 2.26. The van der Waals surface area contributed by atoms with Crippen LogP contribution in [-0.4, -0.2) is 4.57 Å². The maximum absolute atomic E-state index is 2.38. The van der Waals surface area contributed by atoms with Crippen molar-refractivity contribution in [2.24, 2.45) is 7.05 Å². The number of fused-ring (bicyclic) bond motifs is 3. The summed E-state index contributed by atoms with van der Waals surface area (Å²) in [6.45, 7) is 0. The van der Waals surface area contributed by atoms with Crippen LogP contribution < -0.4 is 0 Å². The summed E-state index contributed by atoms with van der Waals surface area (Å²) in [6.07, 6.45) is 0. The van der Waals surface area contributed by atoms with Crippen LogP contribution in [0.3, 0.4) is 0 Å². The zero-order valence-corrected chi connectivity index (χ0v) is 18.0. The molecule has 0 spiro atoms. The average molecular weight is 410 g/mol. The van der Waals surface area contributed by atoms with Crippen molar-refractivity contribution in [3.8, 4) is 44.6 Å². The molecule has 0 fully saturated rings. The van der Waals surface area contributed by atoms with E-state index >= 15 is 0 Å². The molecule has 6 rings (SSSR count). The van der Waals surface area contributed by atoms with E-state index in [4.69, 9.17) is 0 Å². The van der Waals surface area contributed by atoms with Gasteiger partial charge in [0, 0.05) is 29.1 Å². The maximum atomic E-state index is 2.38. The molecule has 1 nitrogen and oxygen atoms in total. The van der Waals surface area contributed by atoms with E-state index < -0.39 is 0 Å². The van der Waals surface area contributed by atoms with Crippen molar-refractivity contribution in [2.45, 2.75) is 0 Å². The average Bonchev–Trinajstić information content (AvgIpc) is 3.26. The summed E-state index contributed by atoms with van der Waals surface area (Å²) in [5.41, 5.74) is 11.4. The van der Waals surface area contributed by atoms with E-state index in [2.05, 4.69) is 133 Å². The molecule has 0 radical (unpaired) electrons. The molecule has 0 unspecified atom stereocenters. The van der Waals surface area contributed by atoms with Gasteiger partial charge in [0.25, 0.3) is 0 Å². The third-order valence-corrected chi connectivity index (χ3v) is 6.40. The molecule has 0 saturated carbocycles. The molecule has 1 aliphatic carbocycles. The molecule has 0 N–H and O–H groups in total. The lowest BCUT2D eigenvalue weighted by Gasteiger charge is -2.22. The highest BCUT2D eigenvalue weighted by Crippen LogP contribution is 2.51. The minimum atomic E-state index is 1.23. The first-order chi connectivity index (χ1) is 15.8. The molecule has 2 aliphatic rings. The molecule has 32 heavy (non-hydrogen) atoms. The molecule has 0 aromatic heterocycles. The fourth-order valence-electron chi connectivity index (χ4n) is 4.97. The van der Waals surface area contributed by atoms with Crippen LogP contribution in [0.15, 0.2) is 121 Å². The van der Waals surface area contributed by atoms with Crippen molar-refractivity contribution >= 4 is 10.9 Å². The molecule has 1 aliphatic heterocycles. The molecule has 0 amide bonds. The smallest absolute Gasteiger partial charge is 0.0568 e. The third kappa shape index (κ3) is 2.86. The summed E-state index contributed by atoms with van der Waals surface area (Å²) in [7, 11) is 2.19. The first kappa shape index (κ1) is 18.7. The minimum absolute atomic E-state index is 1.23. The first-order valence-electron chi connectivity index (χ1n) is 11.0. The van der Waals surface area contributed by atoms with Crippen molar-refractivity contribution in [1.29, 1.82) is 0 Å². The number of hydrogen-bond donors (Lipinski definition) is 0. The standard InChI is InChI=1S/C31H23N/c1-32-28-20-12-11-19-25(28)29-26(22-13-5-2-6-14-22)21-27(23-15-7-3-8-16-23)30(29)31(32)24-17-9-4-10-18-24/h2-21H,1H3. The zero-order chi connectivity index (χ0) is 21.5. The summed E-state index contributed by atoms with van der Waals surface area (Å²) in [6, 6.07) is 43.4. The van der Waals surface area contributed by atoms with Gasteiger partial charge in [-0.25, -0.2) is 0 Å². The number of para-hydroxylation sites is 1. The van der Waals surface area contributed by atoms with E-state index in [1.54, 1.807) is 0 Å². The molecule has 1 heterocycles. The predicted molar refractivity (Wildman–Crippen MR) is 136 cm³/mol. The van der Waals surface area contributed by atoms with Gasteiger partial charge in [0.2, 0.25) is 0 Å².